The predicted octanol–water partition coefficient (Wildman–Crippen LogP) is 3.10. The van der Waals surface area contributed by atoms with Gasteiger partial charge in [-0.1, -0.05) is 12.1 Å². The molecule has 0 radical (unpaired) electrons. The first-order valence-electron chi connectivity index (χ1n) is 11.9. The van der Waals surface area contributed by atoms with Crippen LogP contribution in [0.3, 0.4) is 0 Å². The molecule has 1 aliphatic carbocycles. The largest absolute Gasteiger partial charge is 0.508 e. The molecule has 170 valence electrons. The molecular formula is C25H32N4O3. The number of carbonyl (C=O) groups excluding carboxylic acids is 1. The van der Waals surface area contributed by atoms with Gasteiger partial charge in [0.25, 0.3) is 5.91 Å². The van der Waals surface area contributed by atoms with Crippen molar-refractivity contribution in [2.24, 2.45) is 0 Å². The van der Waals surface area contributed by atoms with E-state index in [0.717, 1.165) is 69.4 Å². The Hall–Kier alpha value is -2.51. The summed E-state index contributed by atoms with van der Waals surface area (Å²) < 4.78 is 0. The zero-order chi connectivity index (χ0) is 22.2. The highest BCUT2D eigenvalue weighted by Gasteiger charge is 2.37. The minimum Gasteiger partial charge on any atom is -0.508 e. The van der Waals surface area contributed by atoms with Crippen LogP contribution in [0.5, 0.6) is 5.75 Å². The van der Waals surface area contributed by atoms with Gasteiger partial charge in [-0.05, 0) is 64.1 Å². The molecule has 3 heterocycles. The van der Waals surface area contributed by atoms with Crippen LogP contribution < -0.4 is 0 Å². The van der Waals surface area contributed by atoms with E-state index in [0.29, 0.717) is 29.0 Å². The number of carbonyl (C=O) groups is 1. The first-order chi connectivity index (χ1) is 15.5. The van der Waals surface area contributed by atoms with Crippen LogP contribution in [0.25, 0.3) is 11.4 Å². The monoisotopic (exact) mass is 436 g/mol. The van der Waals surface area contributed by atoms with Crippen molar-refractivity contribution in [3.05, 3.63) is 41.2 Å². The highest BCUT2D eigenvalue weighted by Crippen LogP contribution is 2.42. The summed E-state index contributed by atoms with van der Waals surface area (Å²) in [6.45, 7) is 4.65. The number of phenols is 1. The zero-order valence-corrected chi connectivity index (χ0v) is 18.7. The molecule has 7 nitrogen and oxygen atoms in total. The standard InChI is InChI=1S/C25H32N4O3/c1-16-22(23(17-7-8-17)27-24(26-16)18-4-2-6-21(31)14-18)25(32)28-12-9-19(10-13-28)29-11-3-5-20(29)15-30/h2,4,6,14,17,19-20,30-31H,3,5,7-13,15H2,1H3/t20-/m0/s1. The third-order valence-corrected chi connectivity index (χ3v) is 7.25. The Bertz CT molecular complexity index is 999. The fourth-order valence-electron chi connectivity index (χ4n) is 5.38. The summed E-state index contributed by atoms with van der Waals surface area (Å²) in [5.74, 6) is 1.12. The van der Waals surface area contributed by atoms with Gasteiger partial charge in [0.15, 0.2) is 5.82 Å². The van der Waals surface area contributed by atoms with E-state index in [1.165, 1.54) is 0 Å². The van der Waals surface area contributed by atoms with Crippen molar-refractivity contribution in [1.29, 1.82) is 0 Å². The van der Waals surface area contributed by atoms with Crippen LogP contribution in [0.4, 0.5) is 0 Å². The summed E-state index contributed by atoms with van der Waals surface area (Å²) in [4.78, 5) is 27.5. The van der Waals surface area contributed by atoms with Crippen molar-refractivity contribution in [1.82, 2.24) is 19.8 Å². The lowest BCUT2D eigenvalue weighted by molar-refractivity contribution is 0.0535. The molecule has 2 aliphatic heterocycles. The smallest absolute Gasteiger partial charge is 0.257 e. The van der Waals surface area contributed by atoms with Crippen LogP contribution in [-0.4, -0.2) is 74.2 Å². The minimum absolute atomic E-state index is 0.0467. The van der Waals surface area contributed by atoms with Crippen LogP contribution in [0.1, 0.15) is 66.2 Å². The SMILES string of the molecule is Cc1nc(-c2cccc(O)c2)nc(C2CC2)c1C(=O)N1CCC(N2CCC[C@H]2CO)CC1. The van der Waals surface area contributed by atoms with Gasteiger partial charge in [0.2, 0.25) is 0 Å². The van der Waals surface area contributed by atoms with E-state index in [4.69, 9.17) is 4.98 Å². The molecule has 1 saturated carbocycles. The predicted molar refractivity (Wildman–Crippen MR) is 122 cm³/mol. The average molecular weight is 437 g/mol. The number of amides is 1. The van der Waals surface area contributed by atoms with Crippen molar-refractivity contribution < 1.29 is 15.0 Å². The Morgan fingerprint density at radius 2 is 1.88 bits per heavy atom. The number of piperidine rings is 1. The summed E-state index contributed by atoms with van der Waals surface area (Å²) in [7, 11) is 0. The highest BCUT2D eigenvalue weighted by molar-refractivity contribution is 5.97. The summed E-state index contributed by atoms with van der Waals surface area (Å²) in [6.07, 6.45) is 6.22. The molecule has 5 rings (SSSR count). The van der Waals surface area contributed by atoms with E-state index in [-0.39, 0.29) is 24.3 Å². The second-order valence-corrected chi connectivity index (χ2v) is 9.46. The molecule has 1 amide bonds. The quantitative estimate of drug-likeness (QED) is 0.749. The second kappa shape index (κ2) is 8.79. The lowest BCUT2D eigenvalue weighted by atomic mass is 10.00. The van der Waals surface area contributed by atoms with Gasteiger partial charge in [-0.3, -0.25) is 9.69 Å². The Kier molecular flexibility index (Phi) is 5.86. The maximum Gasteiger partial charge on any atom is 0.257 e. The van der Waals surface area contributed by atoms with Crippen molar-refractivity contribution in [2.75, 3.05) is 26.2 Å². The van der Waals surface area contributed by atoms with E-state index in [2.05, 4.69) is 9.88 Å². The number of rotatable bonds is 5. The lowest BCUT2D eigenvalue weighted by Gasteiger charge is -2.39. The molecular weight excluding hydrogens is 404 g/mol. The molecule has 2 N–H and O–H groups in total. The highest BCUT2D eigenvalue weighted by atomic mass is 16.3. The van der Waals surface area contributed by atoms with Crippen LogP contribution >= 0.6 is 0 Å². The molecule has 0 bridgehead atoms. The molecule has 3 fully saturated rings. The molecule has 1 atom stereocenters. The Morgan fingerprint density at radius 3 is 2.56 bits per heavy atom. The summed E-state index contributed by atoms with van der Waals surface area (Å²) in [6, 6.07) is 7.69. The van der Waals surface area contributed by atoms with Gasteiger partial charge < -0.3 is 15.1 Å². The first kappa shape index (κ1) is 21.3. The van der Waals surface area contributed by atoms with Gasteiger partial charge in [-0.25, -0.2) is 9.97 Å². The fourth-order valence-corrected chi connectivity index (χ4v) is 5.38. The summed E-state index contributed by atoms with van der Waals surface area (Å²) in [5, 5.41) is 19.5. The molecule has 1 aromatic heterocycles. The molecule has 1 aromatic carbocycles. The Labute approximate surface area is 189 Å². The number of aromatic hydroxyl groups is 1. The first-order valence-corrected chi connectivity index (χ1v) is 11.9. The number of aliphatic hydroxyl groups is 1. The minimum atomic E-state index is 0.0467. The number of aryl methyl sites for hydroxylation is 1. The number of nitrogens with zero attached hydrogens (tertiary/aromatic N) is 4. The van der Waals surface area contributed by atoms with Crippen LogP contribution in [0, 0.1) is 6.92 Å². The van der Waals surface area contributed by atoms with Crippen molar-refractivity contribution in [3.63, 3.8) is 0 Å². The maximum absolute atomic E-state index is 13.6. The molecule has 7 heteroatoms. The number of benzene rings is 1. The van der Waals surface area contributed by atoms with Gasteiger partial charge in [0.05, 0.1) is 23.6 Å². The molecule has 2 saturated heterocycles. The van der Waals surface area contributed by atoms with Gasteiger partial charge in [0, 0.05) is 36.7 Å². The fraction of sp³-hybridized carbons (Fsp3) is 0.560. The normalized spacial score (nSPS) is 22.4. The molecule has 0 spiro atoms. The lowest BCUT2D eigenvalue weighted by Crippen LogP contribution is -2.49. The number of aliphatic hydroxyl groups excluding tert-OH is 1. The molecule has 3 aliphatic rings. The van der Waals surface area contributed by atoms with Crippen molar-refractivity contribution >= 4 is 5.91 Å². The summed E-state index contributed by atoms with van der Waals surface area (Å²) in [5.41, 5.74) is 3.01. The topological polar surface area (TPSA) is 89.8 Å². The summed E-state index contributed by atoms with van der Waals surface area (Å²) >= 11 is 0. The third-order valence-electron chi connectivity index (χ3n) is 7.25. The molecule has 0 unspecified atom stereocenters. The van der Waals surface area contributed by atoms with Crippen LogP contribution in [-0.2, 0) is 0 Å². The van der Waals surface area contributed by atoms with Gasteiger partial charge in [-0.15, -0.1) is 0 Å². The van der Waals surface area contributed by atoms with Crippen molar-refractivity contribution in [2.45, 2.75) is 63.5 Å². The number of phenolic OH excluding ortho intramolecular Hbond substituents is 1. The average Bonchev–Trinajstić information content (AvgIpc) is 3.55. The van der Waals surface area contributed by atoms with Crippen LogP contribution in [0.2, 0.25) is 0 Å². The maximum atomic E-state index is 13.6. The van der Waals surface area contributed by atoms with Gasteiger partial charge >= 0.3 is 0 Å². The van der Waals surface area contributed by atoms with E-state index >= 15 is 0 Å². The molecule has 32 heavy (non-hydrogen) atoms. The Morgan fingerprint density at radius 1 is 1.09 bits per heavy atom. The number of aromatic nitrogens is 2. The van der Waals surface area contributed by atoms with E-state index in [1.807, 2.05) is 17.9 Å². The number of hydrogen-bond donors (Lipinski definition) is 2. The molecule has 2 aromatic rings. The van der Waals surface area contributed by atoms with E-state index < -0.39 is 0 Å². The van der Waals surface area contributed by atoms with E-state index in [9.17, 15) is 15.0 Å². The van der Waals surface area contributed by atoms with Gasteiger partial charge in [-0.2, -0.15) is 0 Å². The number of likely N-dealkylation sites (tertiary alicyclic amines) is 2. The van der Waals surface area contributed by atoms with Crippen LogP contribution in [0.15, 0.2) is 24.3 Å². The number of hydrogen-bond acceptors (Lipinski definition) is 6. The van der Waals surface area contributed by atoms with Crippen molar-refractivity contribution in [3.8, 4) is 17.1 Å². The third kappa shape index (κ3) is 4.11. The second-order valence-electron chi connectivity index (χ2n) is 9.46. The zero-order valence-electron chi connectivity index (χ0n) is 18.7. The Balaban J connectivity index is 1.36. The van der Waals surface area contributed by atoms with E-state index in [1.54, 1.807) is 18.2 Å². The van der Waals surface area contributed by atoms with Gasteiger partial charge in [0.1, 0.15) is 5.75 Å².